The maximum absolute atomic E-state index is 12.6. The van der Waals surface area contributed by atoms with E-state index < -0.39 is 36.1 Å². The van der Waals surface area contributed by atoms with Crippen molar-refractivity contribution in [2.75, 3.05) is 13.2 Å². The van der Waals surface area contributed by atoms with Crippen molar-refractivity contribution in [3.05, 3.63) is 35.9 Å². The Kier molecular flexibility index (Phi) is 6.50. The molecule has 1 aromatic carbocycles. The zero-order chi connectivity index (χ0) is 19.3. The summed E-state index contributed by atoms with van der Waals surface area (Å²) in [5.74, 6) is -1.08. The van der Waals surface area contributed by atoms with Crippen LogP contribution in [0.1, 0.15) is 37.6 Å². The number of aliphatic hydroxyl groups is 1. The number of ketones is 1. The molecule has 26 heavy (non-hydrogen) atoms. The molecule has 0 unspecified atom stereocenters. The fourth-order valence-corrected chi connectivity index (χ4v) is 2.62. The minimum Gasteiger partial charge on any atom is -0.394 e. The lowest BCUT2D eigenvalue weighted by Gasteiger charge is -2.24. The second-order valence-corrected chi connectivity index (χ2v) is 7.15. The molecule has 1 aromatic rings. The highest BCUT2D eigenvalue weighted by atomic mass is 16.6. The Balaban J connectivity index is 2.03. The first kappa shape index (κ1) is 20.1. The summed E-state index contributed by atoms with van der Waals surface area (Å²) in [4.78, 5) is 37.3. The fourth-order valence-electron chi connectivity index (χ4n) is 2.62. The minimum atomic E-state index is -1.14. The standard InChI is InChI=1S/C19H26N2O5/c1-12(2)9-14(16(23)19(3)11-26-19)20-18(25)15(10-22)21-17(24)13-7-5-4-6-8-13/h4-8,12,14-15,22H,9-11H2,1-3H3,(H,20,25)(H,21,24)/t14-,15-,19+/m0/s1. The molecule has 1 aliphatic heterocycles. The molecule has 0 spiro atoms. The van der Waals surface area contributed by atoms with Crippen molar-refractivity contribution < 1.29 is 24.2 Å². The SMILES string of the molecule is CC(C)C[C@H](NC(=O)[C@H](CO)NC(=O)c1ccccc1)C(=O)[C@@]1(C)CO1. The van der Waals surface area contributed by atoms with Gasteiger partial charge < -0.3 is 20.5 Å². The van der Waals surface area contributed by atoms with Gasteiger partial charge in [0.05, 0.1) is 19.3 Å². The van der Waals surface area contributed by atoms with Crippen molar-refractivity contribution in [1.82, 2.24) is 10.6 Å². The molecule has 2 rings (SSSR count). The molecule has 7 nitrogen and oxygen atoms in total. The number of benzene rings is 1. The van der Waals surface area contributed by atoms with Gasteiger partial charge in [-0.1, -0.05) is 32.0 Å². The first-order valence-electron chi connectivity index (χ1n) is 8.72. The summed E-state index contributed by atoms with van der Waals surface area (Å²) < 4.78 is 5.19. The minimum absolute atomic E-state index is 0.179. The summed E-state index contributed by atoms with van der Waals surface area (Å²) in [5, 5.41) is 14.7. The second-order valence-electron chi connectivity index (χ2n) is 7.15. The van der Waals surface area contributed by atoms with E-state index >= 15 is 0 Å². The van der Waals surface area contributed by atoms with E-state index in [4.69, 9.17) is 4.74 Å². The molecule has 3 atom stereocenters. The van der Waals surface area contributed by atoms with Gasteiger partial charge in [-0.15, -0.1) is 0 Å². The van der Waals surface area contributed by atoms with E-state index in [1.165, 1.54) is 0 Å². The number of hydrogen-bond acceptors (Lipinski definition) is 5. The van der Waals surface area contributed by atoms with E-state index in [-0.39, 0.29) is 11.7 Å². The maximum atomic E-state index is 12.6. The van der Waals surface area contributed by atoms with Gasteiger partial charge in [-0.3, -0.25) is 14.4 Å². The van der Waals surface area contributed by atoms with E-state index in [2.05, 4.69) is 10.6 Å². The lowest BCUT2D eigenvalue weighted by atomic mass is 9.93. The van der Waals surface area contributed by atoms with Crippen LogP contribution in [0.25, 0.3) is 0 Å². The van der Waals surface area contributed by atoms with Crippen LogP contribution in [-0.4, -0.2) is 53.6 Å². The first-order chi connectivity index (χ1) is 12.3. The molecule has 0 bridgehead atoms. The van der Waals surface area contributed by atoms with Gasteiger partial charge in [-0.25, -0.2) is 0 Å². The smallest absolute Gasteiger partial charge is 0.251 e. The maximum Gasteiger partial charge on any atom is 0.251 e. The van der Waals surface area contributed by atoms with E-state index in [1.54, 1.807) is 37.3 Å². The van der Waals surface area contributed by atoms with Crippen LogP contribution in [0.2, 0.25) is 0 Å². The zero-order valence-electron chi connectivity index (χ0n) is 15.3. The van der Waals surface area contributed by atoms with Crippen LogP contribution in [0.3, 0.4) is 0 Å². The molecule has 0 aromatic heterocycles. The van der Waals surface area contributed by atoms with E-state index in [0.717, 1.165) is 0 Å². The number of carbonyl (C=O) groups excluding carboxylic acids is 3. The van der Waals surface area contributed by atoms with Crippen molar-refractivity contribution in [2.45, 2.75) is 44.9 Å². The number of nitrogens with one attached hydrogen (secondary N) is 2. The number of amides is 2. The van der Waals surface area contributed by atoms with Crippen LogP contribution in [0.5, 0.6) is 0 Å². The highest BCUT2D eigenvalue weighted by Gasteiger charge is 2.50. The summed E-state index contributed by atoms with van der Waals surface area (Å²) in [7, 11) is 0. The fraction of sp³-hybridized carbons (Fsp3) is 0.526. The molecule has 0 saturated carbocycles. The quantitative estimate of drug-likeness (QED) is 0.560. The summed E-state index contributed by atoms with van der Waals surface area (Å²) >= 11 is 0. The van der Waals surface area contributed by atoms with Crippen LogP contribution in [0.15, 0.2) is 30.3 Å². The van der Waals surface area contributed by atoms with Gasteiger partial charge in [0.2, 0.25) is 5.91 Å². The zero-order valence-corrected chi connectivity index (χ0v) is 15.3. The van der Waals surface area contributed by atoms with Crippen molar-refractivity contribution in [3.63, 3.8) is 0 Å². The molecule has 1 saturated heterocycles. The average Bonchev–Trinajstić information content (AvgIpc) is 3.37. The number of epoxide rings is 1. The average molecular weight is 362 g/mol. The largest absolute Gasteiger partial charge is 0.394 e. The molecular formula is C19H26N2O5. The Labute approximate surface area is 153 Å². The molecule has 1 fully saturated rings. The van der Waals surface area contributed by atoms with Crippen LogP contribution < -0.4 is 10.6 Å². The van der Waals surface area contributed by atoms with Gasteiger partial charge in [0, 0.05) is 5.56 Å². The summed E-state index contributed by atoms with van der Waals surface area (Å²) in [6.07, 6.45) is 0.453. The molecule has 1 aliphatic rings. The molecule has 3 N–H and O–H groups in total. The number of carbonyl (C=O) groups is 3. The summed E-state index contributed by atoms with van der Waals surface area (Å²) in [6, 6.07) is 6.54. The van der Waals surface area contributed by atoms with Crippen molar-refractivity contribution in [2.24, 2.45) is 5.92 Å². The third-order valence-electron chi connectivity index (χ3n) is 4.28. The molecule has 7 heteroatoms. The number of aliphatic hydroxyl groups excluding tert-OH is 1. The predicted molar refractivity (Wildman–Crippen MR) is 95.5 cm³/mol. The van der Waals surface area contributed by atoms with E-state index in [1.807, 2.05) is 13.8 Å². The Bertz CT molecular complexity index is 655. The normalized spacial score (nSPS) is 21.0. The van der Waals surface area contributed by atoms with E-state index in [0.29, 0.717) is 18.6 Å². The molecule has 142 valence electrons. The molecule has 1 heterocycles. The summed E-state index contributed by atoms with van der Waals surface area (Å²) in [6.45, 7) is 5.35. The molecule has 0 aliphatic carbocycles. The monoisotopic (exact) mass is 362 g/mol. The van der Waals surface area contributed by atoms with Gasteiger partial charge in [-0.05, 0) is 31.4 Å². The Morgan fingerprint density at radius 2 is 1.77 bits per heavy atom. The van der Waals surface area contributed by atoms with Crippen LogP contribution >= 0.6 is 0 Å². The van der Waals surface area contributed by atoms with Crippen LogP contribution in [0, 0.1) is 5.92 Å². The lowest BCUT2D eigenvalue weighted by Crippen LogP contribution is -2.55. The third-order valence-corrected chi connectivity index (χ3v) is 4.28. The second kappa shape index (κ2) is 8.42. The van der Waals surface area contributed by atoms with Gasteiger partial charge in [0.15, 0.2) is 5.78 Å². The molecule has 2 amide bonds. The van der Waals surface area contributed by atoms with Gasteiger partial charge in [0.25, 0.3) is 5.91 Å². The summed E-state index contributed by atoms with van der Waals surface area (Å²) in [5.41, 5.74) is -0.470. The number of ether oxygens (including phenoxy) is 1. The highest BCUT2D eigenvalue weighted by molar-refractivity contribution is 6.00. The van der Waals surface area contributed by atoms with Crippen molar-refractivity contribution in [1.29, 1.82) is 0 Å². The van der Waals surface area contributed by atoms with Crippen molar-refractivity contribution in [3.8, 4) is 0 Å². The molecule has 0 radical (unpaired) electrons. The van der Waals surface area contributed by atoms with Gasteiger partial charge in [0.1, 0.15) is 11.6 Å². The topological polar surface area (TPSA) is 108 Å². The first-order valence-corrected chi connectivity index (χ1v) is 8.72. The van der Waals surface area contributed by atoms with Gasteiger partial charge in [-0.2, -0.15) is 0 Å². The lowest BCUT2D eigenvalue weighted by molar-refractivity contribution is -0.132. The van der Waals surface area contributed by atoms with Crippen LogP contribution in [0.4, 0.5) is 0 Å². The van der Waals surface area contributed by atoms with Gasteiger partial charge >= 0.3 is 0 Å². The number of hydrogen-bond donors (Lipinski definition) is 3. The predicted octanol–water partition coefficient (Wildman–Crippen LogP) is 0.666. The van der Waals surface area contributed by atoms with E-state index in [9.17, 15) is 19.5 Å². The third kappa shape index (κ3) is 5.12. The van der Waals surface area contributed by atoms with Crippen molar-refractivity contribution >= 4 is 17.6 Å². The number of rotatable bonds is 9. The highest BCUT2D eigenvalue weighted by Crippen LogP contribution is 2.29. The molecular weight excluding hydrogens is 336 g/mol. The Morgan fingerprint density at radius 3 is 2.27 bits per heavy atom. The Morgan fingerprint density at radius 1 is 1.15 bits per heavy atom. The van der Waals surface area contributed by atoms with Crippen LogP contribution in [-0.2, 0) is 14.3 Å². The Hall–Kier alpha value is -2.25. The number of Topliss-reactive ketones (excluding diaryl/α,β-unsaturated/α-hetero) is 1.